The Kier molecular flexibility index (Phi) is 6.69. The number of anilines is 2. The second-order valence-corrected chi connectivity index (χ2v) is 9.59. The lowest BCUT2D eigenvalue weighted by Crippen LogP contribution is -2.42. The Bertz CT molecular complexity index is 879. The van der Waals surface area contributed by atoms with Crippen molar-refractivity contribution < 1.29 is 8.42 Å². The summed E-state index contributed by atoms with van der Waals surface area (Å²) < 4.78 is 27.5. The van der Waals surface area contributed by atoms with Gasteiger partial charge in [0.15, 0.2) is 0 Å². The predicted molar refractivity (Wildman–Crippen MR) is 115 cm³/mol. The molecule has 0 radical (unpaired) electrons. The molecule has 0 unspecified atom stereocenters. The number of nitrogens with zero attached hydrogens (tertiary/aromatic N) is 6. The van der Waals surface area contributed by atoms with Gasteiger partial charge in [-0.3, -0.25) is 0 Å². The molecule has 9 heteroatoms. The molecule has 3 heterocycles. The molecule has 1 fully saturated rings. The van der Waals surface area contributed by atoms with E-state index in [1.807, 2.05) is 33.8 Å². The van der Waals surface area contributed by atoms with E-state index in [4.69, 9.17) is 0 Å². The Hall–Kier alpha value is -2.26. The van der Waals surface area contributed by atoms with E-state index in [1.165, 1.54) is 10.5 Å². The van der Waals surface area contributed by atoms with Gasteiger partial charge in [0.1, 0.15) is 10.7 Å². The maximum absolute atomic E-state index is 13.0. The van der Waals surface area contributed by atoms with Gasteiger partial charge in [0.2, 0.25) is 16.0 Å². The third kappa shape index (κ3) is 4.84. The Morgan fingerprint density at radius 1 is 0.897 bits per heavy atom. The van der Waals surface area contributed by atoms with Crippen molar-refractivity contribution >= 4 is 21.8 Å². The molecule has 3 rings (SSSR count). The third-order valence-corrected chi connectivity index (χ3v) is 7.20. The van der Waals surface area contributed by atoms with Crippen LogP contribution in [0.15, 0.2) is 41.7 Å². The number of pyridine rings is 1. The molecule has 29 heavy (non-hydrogen) atoms. The minimum absolute atomic E-state index is 0.114. The molecule has 2 aromatic rings. The molecule has 158 valence electrons. The zero-order chi connectivity index (χ0) is 21.0. The van der Waals surface area contributed by atoms with Crippen LogP contribution < -0.4 is 9.80 Å². The first kappa shape index (κ1) is 21.4. The molecule has 2 aromatic heterocycles. The summed E-state index contributed by atoms with van der Waals surface area (Å²) in [6.45, 7) is 10.9. The molecular formula is C20H30N6O2S. The summed E-state index contributed by atoms with van der Waals surface area (Å²) in [5.41, 5.74) is 0. The fourth-order valence-electron chi connectivity index (χ4n) is 3.79. The normalized spacial score (nSPS) is 16.0. The molecular weight excluding hydrogens is 388 g/mol. The van der Waals surface area contributed by atoms with Gasteiger partial charge in [0.05, 0.1) is 0 Å². The van der Waals surface area contributed by atoms with Gasteiger partial charge in [-0.2, -0.15) is 4.31 Å². The second kappa shape index (κ2) is 9.04. The maximum atomic E-state index is 13.0. The Morgan fingerprint density at radius 2 is 1.52 bits per heavy atom. The van der Waals surface area contributed by atoms with Gasteiger partial charge >= 0.3 is 0 Å². The van der Waals surface area contributed by atoms with E-state index in [0.717, 1.165) is 44.4 Å². The molecule has 0 N–H and O–H groups in total. The van der Waals surface area contributed by atoms with E-state index < -0.39 is 10.0 Å². The molecule has 0 bridgehead atoms. The standard InChI is InChI=1S/C20H30N6O2S/c1-16(2)26(17(3)4)29(27,28)18-7-8-19(23-15-18)24-11-6-12-25(14-13-24)20-21-9-5-10-22-20/h5,7-10,15-17H,6,11-14H2,1-4H3. The zero-order valence-electron chi connectivity index (χ0n) is 17.6. The number of rotatable bonds is 6. The summed E-state index contributed by atoms with van der Waals surface area (Å²) in [7, 11) is -3.57. The fraction of sp³-hybridized carbons (Fsp3) is 0.550. The number of aromatic nitrogens is 3. The van der Waals surface area contributed by atoms with Crippen molar-refractivity contribution in [3.63, 3.8) is 0 Å². The average molecular weight is 419 g/mol. The summed E-state index contributed by atoms with van der Waals surface area (Å²) >= 11 is 0. The first-order valence-electron chi connectivity index (χ1n) is 10.1. The van der Waals surface area contributed by atoms with Crippen LogP contribution in [0.5, 0.6) is 0 Å². The van der Waals surface area contributed by atoms with Crippen LogP contribution in [0.2, 0.25) is 0 Å². The molecule has 0 atom stereocenters. The van der Waals surface area contributed by atoms with E-state index in [2.05, 4.69) is 24.8 Å². The van der Waals surface area contributed by atoms with Gasteiger partial charge in [-0.05, 0) is 52.3 Å². The third-order valence-electron chi connectivity index (χ3n) is 4.97. The molecule has 0 amide bonds. The van der Waals surface area contributed by atoms with E-state index in [0.29, 0.717) is 0 Å². The fourth-order valence-corrected chi connectivity index (χ4v) is 5.57. The predicted octanol–water partition coefficient (Wildman–Crippen LogP) is 2.40. The van der Waals surface area contributed by atoms with Crippen molar-refractivity contribution in [3.05, 3.63) is 36.8 Å². The molecule has 0 saturated carbocycles. The van der Waals surface area contributed by atoms with Crippen molar-refractivity contribution in [1.82, 2.24) is 19.3 Å². The van der Waals surface area contributed by atoms with Crippen LogP contribution in [0, 0.1) is 0 Å². The average Bonchev–Trinajstić information content (AvgIpc) is 2.94. The van der Waals surface area contributed by atoms with Crippen molar-refractivity contribution in [2.45, 2.75) is 51.1 Å². The lowest BCUT2D eigenvalue weighted by molar-refractivity contribution is 0.302. The number of sulfonamides is 1. The van der Waals surface area contributed by atoms with Crippen LogP contribution in [0.3, 0.4) is 0 Å². The molecule has 1 aliphatic heterocycles. The highest BCUT2D eigenvalue weighted by Crippen LogP contribution is 2.23. The smallest absolute Gasteiger partial charge is 0.245 e. The highest BCUT2D eigenvalue weighted by atomic mass is 32.2. The van der Waals surface area contributed by atoms with Crippen LogP contribution in [0.1, 0.15) is 34.1 Å². The van der Waals surface area contributed by atoms with Gasteiger partial charge in [0, 0.05) is 56.9 Å². The Balaban J connectivity index is 1.73. The molecule has 1 saturated heterocycles. The first-order valence-corrected chi connectivity index (χ1v) is 11.5. The summed E-state index contributed by atoms with van der Waals surface area (Å²) in [6.07, 6.45) is 5.94. The Morgan fingerprint density at radius 3 is 2.10 bits per heavy atom. The molecule has 0 aromatic carbocycles. The lowest BCUT2D eigenvalue weighted by Gasteiger charge is -2.29. The minimum Gasteiger partial charge on any atom is -0.355 e. The monoisotopic (exact) mass is 418 g/mol. The van der Waals surface area contributed by atoms with Crippen LogP contribution in [-0.4, -0.2) is 65.9 Å². The molecule has 1 aliphatic rings. The number of hydrogen-bond acceptors (Lipinski definition) is 7. The van der Waals surface area contributed by atoms with Crippen LogP contribution >= 0.6 is 0 Å². The zero-order valence-corrected chi connectivity index (χ0v) is 18.4. The summed E-state index contributed by atoms with van der Waals surface area (Å²) in [5, 5.41) is 0. The lowest BCUT2D eigenvalue weighted by atomic mass is 10.3. The van der Waals surface area contributed by atoms with Crippen LogP contribution in [0.4, 0.5) is 11.8 Å². The summed E-state index contributed by atoms with van der Waals surface area (Å²) in [4.78, 5) is 17.7. The first-order chi connectivity index (χ1) is 13.8. The molecule has 0 aliphatic carbocycles. The van der Waals surface area contributed by atoms with Crippen LogP contribution in [-0.2, 0) is 10.0 Å². The summed E-state index contributed by atoms with van der Waals surface area (Å²) in [6, 6.07) is 5.05. The van der Waals surface area contributed by atoms with E-state index >= 15 is 0 Å². The Labute approximate surface area is 173 Å². The van der Waals surface area contributed by atoms with Gasteiger partial charge < -0.3 is 9.80 Å². The SMILES string of the molecule is CC(C)N(C(C)C)S(=O)(=O)c1ccc(N2CCCN(c3ncccn3)CC2)nc1. The van der Waals surface area contributed by atoms with Crippen molar-refractivity contribution in [3.8, 4) is 0 Å². The van der Waals surface area contributed by atoms with Gasteiger partial charge in [-0.15, -0.1) is 0 Å². The van der Waals surface area contributed by atoms with Gasteiger partial charge in [0.25, 0.3) is 0 Å². The highest BCUT2D eigenvalue weighted by molar-refractivity contribution is 7.89. The number of hydrogen-bond donors (Lipinski definition) is 0. The summed E-state index contributed by atoms with van der Waals surface area (Å²) in [5.74, 6) is 1.53. The topological polar surface area (TPSA) is 82.5 Å². The molecule has 8 nitrogen and oxygen atoms in total. The van der Waals surface area contributed by atoms with Gasteiger partial charge in [-0.1, -0.05) is 0 Å². The van der Waals surface area contributed by atoms with Crippen molar-refractivity contribution in [2.75, 3.05) is 36.0 Å². The highest BCUT2D eigenvalue weighted by Gasteiger charge is 2.30. The van der Waals surface area contributed by atoms with Crippen LogP contribution in [0.25, 0.3) is 0 Å². The maximum Gasteiger partial charge on any atom is 0.245 e. The molecule has 0 spiro atoms. The van der Waals surface area contributed by atoms with E-state index in [1.54, 1.807) is 24.5 Å². The minimum atomic E-state index is -3.57. The van der Waals surface area contributed by atoms with E-state index in [9.17, 15) is 8.42 Å². The van der Waals surface area contributed by atoms with Gasteiger partial charge in [-0.25, -0.2) is 23.4 Å². The van der Waals surface area contributed by atoms with Crippen molar-refractivity contribution in [2.24, 2.45) is 0 Å². The second-order valence-electron chi connectivity index (χ2n) is 7.75. The quantitative estimate of drug-likeness (QED) is 0.712. The largest absolute Gasteiger partial charge is 0.355 e. The van der Waals surface area contributed by atoms with Crippen molar-refractivity contribution in [1.29, 1.82) is 0 Å². The van der Waals surface area contributed by atoms with E-state index in [-0.39, 0.29) is 17.0 Å².